The normalized spacial score (nSPS) is 10.2. The van der Waals surface area contributed by atoms with Gasteiger partial charge in [0.15, 0.2) is 0 Å². The van der Waals surface area contributed by atoms with Crippen molar-refractivity contribution >= 4 is 27.9 Å². The summed E-state index contributed by atoms with van der Waals surface area (Å²) in [6, 6.07) is 12.2. The van der Waals surface area contributed by atoms with Crippen molar-refractivity contribution in [1.29, 1.82) is 0 Å². The van der Waals surface area contributed by atoms with E-state index in [-0.39, 0.29) is 24.7 Å². The first-order chi connectivity index (χ1) is 11.0. The summed E-state index contributed by atoms with van der Waals surface area (Å²) in [6.45, 7) is 1.81. The number of rotatable bonds is 6. The predicted molar refractivity (Wildman–Crippen MR) is 88.7 cm³/mol. The van der Waals surface area contributed by atoms with E-state index in [0.29, 0.717) is 5.75 Å². The Morgan fingerprint density at radius 1 is 1.04 bits per heavy atom. The van der Waals surface area contributed by atoms with Crippen LogP contribution in [0.3, 0.4) is 0 Å². The summed E-state index contributed by atoms with van der Waals surface area (Å²) >= 11 is 3.44. The lowest BCUT2D eigenvalue weighted by molar-refractivity contribution is -0.141. The Hall–Kier alpha value is -2.34. The van der Waals surface area contributed by atoms with Gasteiger partial charge >= 0.3 is 11.9 Å². The topological polar surface area (TPSA) is 72.8 Å². The minimum Gasteiger partial charge on any atom is -0.489 e. The molecule has 0 radical (unpaired) electrons. The highest BCUT2D eigenvalue weighted by Crippen LogP contribution is 2.30. The van der Waals surface area contributed by atoms with Crippen LogP contribution < -0.4 is 4.74 Å². The molecule has 0 saturated carbocycles. The van der Waals surface area contributed by atoms with Gasteiger partial charge in [-0.1, -0.05) is 18.2 Å². The van der Waals surface area contributed by atoms with Crippen LogP contribution in [0.1, 0.15) is 17.3 Å². The summed E-state index contributed by atoms with van der Waals surface area (Å²) in [5.74, 6) is -0.648. The van der Waals surface area contributed by atoms with Crippen molar-refractivity contribution < 1.29 is 24.2 Å². The number of carbonyl (C=O) groups is 2. The van der Waals surface area contributed by atoms with Crippen LogP contribution in [0.15, 0.2) is 46.9 Å². The summed E-state index contributed by atoms with van der Waals surface area (Å²) in [6.07, 6.45) is 0. The molecule has 6 heteroatoms. The lowest BCUT2D eigenvalue weighted by Gasteiger charge is -2.10. The van der Waals surface area contributed by atoms with Crippen molar-refractivity contribution in [3.63, 3.8) is 0 Å². The van der Waals surface area contributed by atoms with Gasteiger partial charge in [0, 0.05) is 6.92 Å². The minimum absolute atomic E-state index is 0.195. The second-order valence-corrected chi connectivity index (χ2v) is 5.57. The summed E-state index contributed by atoms with van der Waals surface area (Å²) in [4.78, 5) is 21.5. The van der Waals surface area contributed by atoms with Gasteiger partial charge in [0.05, 0.1) is 10.0 Å². The molecule has 0 unspecified atom stereocenters. The van der Waals surface area contributed by atoms with Gasteiger partial charge in [0.1, 0.15) is 19.0 Å². The molecule has 0 aromatic heterocycles. The van der Waals surface area contributed by atoms with Gasteiger partial charge in [-0.25, -0.2) is 4.79 Å². The van der Waals surface area contributed by atoms with Crippen LogP contribution in [0.5, 0.6) is 5.75 Å². The van der Waals surface area contributed by atoms with Crippen molar-refractivity contribution in [1.82, 2.24) is 0 Å². The van der Waals surface area contributed by atoms with Crippen LogP contribution in [0.4, 0.5) is 0 Å². The molecular formula is C17H15BrO5. The van der Waals surface area contributed by atoms with E-state index >= 15 is 0 Å². The van der Waals surface area contributed by atoms with Gasteiger partial charge in [-0.15, -0.1) is 0 Å². The van der Waals surface area contributed by atoms with Crippen molar-refractivity contribution in [3.05, 3.63) is 52.5 Å². The number of benzene rings is 2. The van der Waals surface area contributed by atoms with Crippen LogP contribution >= 0.6 is 15.9 Å². The molecule has 1 N–H and O–H groups in total. The highest BCUT2D eigenvalue weighted by atomic mass is 79.9. The molecule has 2 aromatic carbocycles. The highest BCUT2D eigenvalue weighted by molar-refractivity contribution is 9.10. The lowest BCUT2D eigenvalue weighted by atomic mass is 10.0. The molecule has 0 spiro atoms. The zero-order chi connectivity index (χ0) is 16.8. The van der Waals surface area contributed by atoms with Gasteiger partial charge in [-0.2, -0.15) is 0 Å². The number of carboxylic acids is 1. The maximum atomic E-state index is 10.9. The number of esters is 1. The molecule has 2 rings (SSSR count). The fraction of sp³-hybridized carbons (Fsp3) is 0.176. The zero-order valence-electron chi connectivity index (χ0n) is 12.4. The molecule has 2 aromatic rings. The van der Waals surface area contributed by atoms with Crippen molar-refractivity contribution in [2.45, 2.75) is 6.92 Å². The second kappa shape index (κ2) is 7.78. The zero-order valence-corrected chi connectivity index (χ0v) is 14.0. The number of hydrogen-bond donors (Lipinski definition) is 1. The van der Waals surface area contributed by atoms with E-state index in [1.54, 1.807) is 30.3 Å². The molecule has 120 valence electrons. The third-order valence-corrected chi connectivity index (χ3v) is 3.66. The Morgan fingerprint density at radius 2 is 1.70 bits per heavy atom. The third kappa shape index (κ3) is 4.82. The van der Waals surface area contributed by atoms with E-state index in [9.17, 15) is 9.59 Å². The summed E-state index contributed by atoms with van der Waals surface area (Å²) in [7, 11) is 0. The standard InChI is InChI=1S/C17H15BrO5/c1-11(19)22-8-9-23-16-7-6-14(10-15(16)18)12-2-4-13(5-3-12)17(20)21/h2-7,10H,8-9H2,1H3,(H,20,21). The molecule has 0 atom stereocenters. The lowest BCUT2D eigenvalue weighted by Crippen LogP contribution is -2.09. The molecule has 5 nitrogen and oxygen atoms in total. The summed E-state index contributed by atoms with van der Waals surface area (Å²) in [5.41, 5.74) is 2.08. The van der Waals surface area contributed by atoms with E-state index < -0.39 is 5.97 Å². The van der Waals surface area contributed by atoms with Gasteiger partial charge in [-0.3, -0.25) is 4.79 Å². The van der Waals surface area contributed by atoms with Crippen LogP contribution in [-0.4, -0.2) is 30.3 Å². The maximum absolute atomic E-state index is 10.9. The van der Waals surface area contributed by atoms with Gasteiger partial charge in [-0.05, 0) is 51.3 Å². The molecule has 0 amide bonds. The fourth-order valence-electron chi connectivity index (χ4n) is 1.94. The second-order valence-electron chi connectivity index (χ2n) is 4.72. The Morgan fingerprint density at radius 3 is 2.26 bits per heavy atom. The number of aromatic carboxylic acids is 1. The van der Waals surface area contributed by atoms with Gasteiger partial charge < -0.3 is 14.6 Å². The minimum atomic E-state index is -0.950. The van der Waals surface area contributed by atoms with Crippen LogP contribution in [0.2, 0.25) is 0 Å². The molecule has 0 heterocycles. The SMILES string of the molecule is CC(=O)OCCOc1ccc(-c2ccc(C(=O)O)cc2)cc1Br. The number of ether oxygens (including phenoxy) is 2. The fourth-order valence-corrected chi connectivity index (χ4v) is 2.43. The molecule has 0 aliphatic rings. The number of halogens is 1. The van der Waals surface area contributed by atoms with Crippen molar-refractivity contribution in [2.75, 3.05) is 13.2 Å². The first-order valence-corrected chi connectivity index (χ1v) is 7.66. The first-order valence-electron chi connectivity index (χ1n) is 6.87. The molecular weight excluding hydrogens is 364 g/mol. The highest BCUT2D eigenvalue weighted by Gasteiger charge is 2.07. The van der Waals surface area contributed by atoms with Crippen LogP contribution in [0, 0.1) is 0 Å². The molecule has 0 saturated heterocycles. The number of hydrogen-bond acceptors (Lipinski definition) is 4. The quantitative estimate of drug-likeness (QED) is 0.611. The average Bonchev–Trinajstić information content (AvgIpc) is 2.52. The molecule has 0 fully saturated rings. The summed E-state index contributed by atoms with van der Waals surface area (Å²) < 4.78 is 11.1. The van der Waals surface area contributed by atoms with E-state index in [1.165, 1.54) is 6.92 Å². The average molecular weight is 379 g/mol. The summed E-state index contributed by atoms with van der Waals surface area (Å²) in [5, 5.41) is 8.91. The monoisotopic (exact) mass is 378 g/mol. The molecule has 0 bridgehead atoms. The maximum Gasteiger partial charge on any atom is 0.335 e. The molecule has 0 aliphatic heterocycles. The predicted octanol–water partition coefficient (Wildman–Crippen LogP) is 3.76. The van der Waals surface area contributed by atoms with Crippen LogP contribution in [0.25, 0.3) is 11.1 Å². The Bertz CT molecular complexity index is 709. The van der Waals surface area contributed by atoms with Crippen LogP contribution in [-0.2, 0) is 9.53 Å². The number of carboxylic acid groups (broad SMARTS) is 1. The smallest absolute Gasteiger partial charge is 0.335 e. The van der Waals surface area contributed by atoms with Gasteiger partial charge in [0.2, 0.25) is 0 Å². The largest absolute Gasteiger partial charge is 0.489 e. The van der Waals surface area contributed by atoms with E-state index in [4.69, 9.17) is 14.6 Å². The Kier molecular flexibility index (Phi) is 5.76. The van der Waals surface area contributed by atoms with E-state index in [0.717, 1.165) is 15.6 Å². The number of carbonyl (C=O) groups excluding carboxylic acids is 1. The third-order valence-electron chi connectivity index (χ3n) is 3.04. The first kappa shape index (κ1) is 17.0. The Labute approximate surface area is 142 Å². The van der Waals surface area contributed by atoms with E-state index in [2.05, 4.69) is 15.9 Å². The van der Waals surface area contributed by atoms with Gasteiger partial charge in [0.25, 0.3) is 0 Å². The molecule has 23 heavy (non-hydrogen) atoms. The molecule has 0 aliphatic carbocycles. The van der Waals surface area contributed by atoms with E-state index in [1.807, 2.05) is 12.1 Å². The van der Waals surface area contributed by atoms with Crippen molar-refractivity contribution in [3.8, 4) is 16.9 Å². The van der Waals surface area contributed by atoms with Crippen molar-refractivity contribution in [2.24, 2.45) is 0 Å². The Balaban J connectivity index is 2.06.